The van der Waals surface area contributed by atoms with E-state index >= 15 is 0 Å². The number of hydrogen-bond donors (Lipinski definition) is 4. The molecule has 0 spiro atoms. The third-order valence-electron chi connectivity index (χ3n) is 6.00. The van der Waals surface area contributed by atoms with Crippen molar-refractivity contribution < 1.29 is 47.9 Å². The summed E-state index contributed by atoms with van der Waals surface area (Å²) in [5.41, 5.74) is 4.45. The number of carbonyl (C=O) groups excluding carboxylic acids is 3. The van der Waals surface area contributed by atoms with Gasteiger partial charge in [-0.3, -0.25) is 5.43 Å². The van der Waals surface area contributed by atoms with Crippen LogP contribution >= 0.6 is 22.6 Å². The number of nitrogens with zero attached hydrogens (tertiary/aromatic N) is 1. The van der Waals surface area contributed by atoms with Crippen LogP contribution in [0.5, 0.6) is 23.0 Å². The van der Waals surface area contributed by atoms with Gasteiger partial charge in [0.05, 0.1) is 48.8 Å². The molecule has 44 heavy (non-hydrogen) atoms. The Balaban J connectivity index is 1.68. The van der Waals surface area contributed by atoms with Gasteiger partial charge < -0.3 is 44.2 Å². The van der Waals surface area contributed by atoms with Crippen LogP contribution in [-0.4, -0.2) is 76.2 Å². The van der Waals surface area contributed by atoms with Crippen LogP contribution < -0.4 is 35.0 Å². The first-order valence-corrected chi connectivity index (χ1v) is 14.6. The molecule has 238 valence electrons. The van der Waals surface area contributed by atoms with Crippen LogP contribution in [0, 0.1) is 3.57 Å². The molecule has 0 saturated carbocycles. The minimum atomic E-state index is -1.19. The summed E-state index contributed by atoms with van der Waals surface area (Å²) < 4.78 is 33.0. The van der Waals surface area contributed by atoms with Crippen LogP contribution in [0.25, 0.3) is 0 Å². The maximum absolute atomic E-state index is 12.4. The maximum Gasteiger partial charge on any atom is 0.343 e. The molecule has 1 heterocycles. The van der Waals surface area contributed by atoms with E-state index in [0.717, 1.165) is 0 Å². The summed E-state index contributed by atoms with van der Waals surface area (Å²) in [4.78, 5) is 36.1. The highest BCUT2D eigenvalue weighted by molar-refractivity contribution is 14.1. The number of allylic oxidation sites excluding steroid dienone is 1. The molecule has 2 aromatic rings. The van der Waals surface area contributed by atoms with Crippen molar-refractivity contribution in [1.82, 2.24) is 16.1 Å². The van der Waals surface area contributed by atoms with Crippen molar-refractivity contribution in [2.24, 2.45) is 5.10 Å². The first-order valence-electron chi connectivity index (χ1n) is 13.5. The number of ether oxygens (including phenoxy) is 6. The molecule has 2 aromatic carbocycles. The van der Waals surface area contributed by atoms with Gasteiger partial charge in [-0.15, -0.1) is 0 Å². The van der Waals surface area contributed by atoms with E-state index in [1.54, 1.807) is 44.2 Å². The van der Waals surface area contributed by atoms with Crippen molar-refractivity contribution in [1.29, 1.82) is 0 Å². The molecule has 0 radical (unpaired) electrons. The van der Waals surface area contributed by atoms with Crippen LogP contribution in [0.1, 0.15) is 37.9 Å². The summed E-state index contributed by atoms with van der Waals surface area (Å²) >= 11 is 2.06. The predicted molar refractivity (Wildman–Crippen MR) is 167 cm³/mol. The van der Waals surface area contributed by atoms with Crippen LogP contribution in [0.4, 0.5) is 4.79 Å². The Kier molecular flexibility index (Phi) is 12.9. The molecule has 0 aromatic heterocycles. The van der Waals surface area contributed by atoms with Gasteiger partial charge in [-0.25, -0.2) is 14.4 Å². The van der Waals surface area contributed by atoms with Crippen LogP contribution in [0.2, 0.25) is 0 Å². The molecule has 0 saturated heterocycles. The van der Waals surface area contributed by atoms with Gasteiger partial charge in [-0.2, -0.15) is 5.10 Å². The van der Waals surface area contributed by atoms with Crippen molar-refractivity contribution in [3.05, 3.63) is 56.3 Å². The molecule has 1 aliphatic heterocycles. The molecule has 14 nitrogen and oxygen atoms in total. The minimum absolute atomic E-state index is 0.185. The first kappa shape index (κ1) is 34.2. The van der Waals surface area contributed by atoms with Gasteiger partial charge in [-0.1, -0.05) is 6.07 Å². The van der Waals surface area contributed by atoms with Crippen molar-refractivity contribution in [3.63, 3.8) is 0 Å². The molecule has 0 fully saturated rings. The number of hydrazone groups is 1. The maximum atomic E-state index is 12.4. The molecule has 0 unspecified atom stereocenters. The number of rotatable bonds is 15. The Bertz CT molecular complexity index is 1410. The lowest BCUT2D eigenvalue weighted by molar-refractivity contribution is -0.143. The Morgan fingerprint density at radius 2 is 1.77 bits per heavy atom. The first-order chi connectivity index (χ1) is 21.1. The number of amides is 2. The second-order valence-electron chi connectivity index (χ2n) is 9.04. The number of benzene rings is 2. The Morgan fingerprint density at radius 1 is 1.05 bits per heavy atom. The second-order valence-corrected chi connectivity index (χ2v) is 10.2. The van der Waals surface area contributed by atoms with Gasteiger partial charge in [-0.05, 0) is 78.8 Å². The van der Waals surface area contributed by atoms with E-state index in [0.29, 0.717) is 56.6 Å². The monoisotopic (exact) mass is 726 g/mol. The third-order valence-corrected chi connectivity index (χ3v) is 6.80. The number of aliphatic hydroxyl groups excluding tert-OH is 1. The molecule has 15 heteroatoms. The Hall–Kier alpha value is -4.25. The number of urea groups is 1. The average molecular weight is 727 g/mol. The summed E-state index contributed by atoms with van der Waals surface area (Å²) in [5.74, 6) is 0.410. The zero-order valence-corrected chi connectivity index (χ0v) is 27.1. The lowest BCUT2D eigenvalue weighted by Gasteiger charge is -2.28. The smallest absolute Gasteiger partial charge is 0.343 e. The Morgan fingerprint density at radius 3 is 2.45 bits per heavy atom. The number of hydrogen-bond acceptors (Lipinski definition) is 12. The molecule has 4 N–H and O–H groups in total. The molecular formula is C29H35IN4O10. The number of carbonyl (C=O) groups is 3. The lowest BCUT2D eigenvalue weighted by atomic mass is 9.95. The Labute approximate surface area is 268 Å². The van der Waals surface area contributed by atoms with Crippen LogP contribution in [-0.2, 0) is 19.1 Å². The van der Waals surface area contributed by atoms with E-state index in [9.17, 15) is 19.5 Å². The minimum Gasteiger partial charge on any atom is -0.490 e. The SMILES string of the molecule is CCOc1cc([C@@H]2NC(=O)NC(C)=C2C(=O)OC)ccc1OC[C@H](O)N/N=C\c1cc(I)c(OCC(=O)OC)c(OCC)c1. The number of methoxy groups -OCH3 is 2. The van der Waals surface area contributed by atoms with E-state index in [-0.39, 0.29) is 18.8 Å². The summed E-state index contributed by atoms with van der Waals surface area (Å²) in [6.45, 7) is 5.48. The number of aliphatic hydroxyl groups is 1. The van der Waals surface area contributed by atoms with Crippen LogP contribution in [0.3, 0.4) is 0 Å². The predicted octanol–water partition coefficient (Wildman–Crippen LogP) is 2.76. The van der Waals surface area contributed by atoms with E-state index in [4.69, 9.17) is 23.7 Å². The highest BCUT2D eigenvalue weighted by Crippen LogP contribution is 2.35. The average Bonchev–Trinajstić information content (AvgIpc) is 2.99. The second kappa shape index (κ2) is 16.6. The number of nitrogens with one attached hydrogen (secondary N) is 3. The van der Waals surface area contributed by atoms with Gasteiger partial charge in [0, 0.05) is 5.70 Å². The summed E-state index contributed by atoms with van der Waals surface area (Å²) in [7, 11) is 2.54. The molecule has 0 bridgehead atoms. The molecule has 2 amide bonds. The molecule has 1 aliphatic rings. The van der Waals surface area contributed by atoms with Gasteiger partial charge in [0.2, 0.25) is 0 Å². The number of halogens is 1. The molecule has 3 rings (SSSR count). The normalized spacial score (nSPS) is 15.2. The fourth-order valence-corrected chi connectivity index (χ4v) is 4.86. The van der Waals surface area contributed by atoms with E-state index in [1.807, 2.05) is 6.92 Å². The van der Waals surface area contributed by atoms with Gasteiger partial charge >= 0.3 is 18.0 Å². The van der Waals surface area contributed by atoms with Crippen LogP contribution in [0.15, 0.2) is 46.7 Å². The van der Waals surface area contributed by atoms with Crippen molar-refractivity contribution in [3.8, 4) is 23.0 Å². The fourth-order valence-electron chi connectivity index (χ4n) is 4.08. The summed E-state index contributed by atoms with van der Waals surface area (Å²) in [5, 5.41) is 19.8. The van der Waals surface area contributed by atoms with E-state index in [2.05, 4.69) is 48.5 Å². The van der Waals surface area contributed by atoms with Gasteiger partial charge in [0.15, 0.2) is 35.8 Å². The number of esters is 2. The zero-order chi connectivity index (χ0) is 32.2. The standard InChI is InChI=1S/C29H35IN4O10/c1-6-41-21-12-18(26-25(28(37)40-5)16(3)32-29(38)33-26)8-9-20(21)43-14-23(35)34-31-13-17-10-19(30)27(22(11-17)42-7-2)44-15-24(36)39-4/h8-13,23,26,34-35H,6-7,14-15H2,1-5H3,(H2,32,33,38)/b31-13-/t23-,26-/m0/s1. The quantitative estimate of drug-likeness (QED) is 0.0699. The summed E-state index contributed by atoms with van der Waals surface area (Å²) in [6.07, 6.45) is 0.300. The zero-order valence-electron chi connectivity index (χ0n) is 24.9. The summed E-state index contributed by atoms with van der Waals surface area (Å²) in [6, 6.07) is 7.18. The van der Waals surface area contributed by atoms with Crippen molar-refractivity contribution >= 4 is 46.8 Å². The molecule has 2 atom stereocenters. The highest BCUT2D eigenvalue weighted by atomic mass is 127. The largest absolute Gasteiger partial charge is 0.490 e. The molecule has 0 aliphatic carbocycles. The third kappa shape index (κ3) is 9.12. The van der Waals surface area contributed by atoms with E-state index < -0.39 is 30.2 Å². The topological polar surface area (TPSA) is 175 Å². The van der Waals surface area contributed by atoms with E-state index in [1.165, 1.54) is 20.4 Å². The van der Waals surface area contributed by atoms with Crippen molar-refractivity contribution in [2.75, 3.05) is 40.6 Å². The molecular weight excluding hydrogens is 691 g/mol. The van der Waals surface area contributed by atoms with Gasteiger partial charge in [0.1, 0.15) is 6.61 Å². The lowest BCUT2D eigenvalue weighted by Crippen LogP contribution is -2.45. The van der Waals surface area contributed by atoms with Crippen molar-refractivity contribution in [2.45, 2.75) is 33.0 Å². The fraction of sp³-hybridized carbons (Fsp3) is 0.379. The van der Waals surface area contributed by atoms with Gasteiger partial charge in [0.25, 0.3) is 0 Å². The highest BCUT2D eigenvalue weighted by Gasteiger charge is 2.32.